The molecular weight excluding hydrogens is 340 g/mol. The lowest BCUT2D eigenvalue weighted by atomic mass is 10.1. The van der Waals surface area contributed by atoms with E-state index in [0.717, 1.165) is 0 Å². The Balaban J connectivity index is 1.51. The number of carbonyl (C=O) groups is 1. The van der Waals surface area contributed by atoms with Crippen molar-refractivity contribution in [3.05, 3.63) is 59.9 Å². The zero-order chi connectivity index (χ0) is 17.4. The van der Waals surface area contributed by atoms with Crippen molar-refractivity contribution in [1.82, 2.24) is 14.8 Å². The van der Waals surface area contributed by atoms with Gasteiger partial charge in [-0.05, 0) is 24.3 Å². The topological polar surface area (TPSA) is 82.9 Å². The molecule has 4 rings (SSSR count). The molecule has 1 aromatic heterocycles. The molecule has 128 valence electrons. The number of hydrogen-bond acceptors (Lipinski definition) is 5. The quantitative estimate of drug-likeness (QED) is 0.761. The van der Waals surface area contributed by atoms with Crippen LogP contribution in [0.3, 0.4) is 0 Å². The van der Waals surface area contributed by atoms with E-state index in [1.807, 2.05) is 4.90 Å². The molecule has 1 fully saturated rings. The molecule has 2 aromatic rings. The number of benzene rings is 1. The zero-order valence-electron chi connectivity index (χ0n) is 13.4. The number of amides is 1. The summed E-state index contributed by atoms with van der Waals surface area (Å²) in [5, 5.41) is 0. The molecule has 0 N–H and O–H groups in total. The van der Waals surface area contributed by atoms with Crippen molar-refractivity contribution in [2.24, 2.45) is 4.40 Å². The molecule has 1 saturated heterocycles. The Morgan fingerprint density at radius 2 is 1.76 bits per heavy atom. The van der Waals surface area contributed by atoms with Crippen LogP contribution in [0.5, 0.6) is 0 Å². The largest absolute Gasteiger partial charge is 0.352 e. The van der Waals surface area contributed by atoms with E-state index in [4.69, 9.17) is 0 Å². The fourth-order valence-corrected chi connectivity index (χ4v) is 4.34. The summed E-state index contributed by atoms with van der Waals surface area (Å²) in [4.78, 5) is 20.4. The van der Waals surface area contributed by atoms with Gasteiger partial charge in [0.25, 0.3) is 15.9 Å². The van der Waals surface area contributed by atoms with E-state index in [0.29, 0.717) is 43.1 Å². The Bertz CT molecular complexity index is 949. The van der Waals surface area contributed by atoms with E-state index in [1.54, 1.807) is 53.7 Å². The summed E-state index contributed by atoms with van der Waals surface area (Å²) in [6.45, 7) is 2.09. The molecule has 0 aliphatic carbocycles. The molecule has 8 heteroatoms. The highest BCUT2D eigenvalue weighted by Gasteiger charge is 2.33. The number of fused-ring (bicyclic) bond motifs is 1. The van der Waals surface area contributed by atoms with Crippen LogP contribution in [0.4, 0.5) is 0 Å². The van der Waals surface area contributed by atoms with Crippen LogP contribution in [0, 0.1) is 0 Å². The predicted molar refractivity (Wildman–Crippen MR) is 91.9 cm³/mol. The van der Waals surface area contributed by atoms with Crippen LogP contribution in [0.25, 0.3) is 0 Å². The average molecular weight is 356 g/mol. The first-order chi connectivity index (χ1) is 12.1. The van der Waals surface area contributed by atoms with E-state index >= 15 is 0 Å². The first-order valence-electron chi connectivity index (χ1n) is 7.95. The lowest BCUT2D eigenvalue weighted by Gasteiger charge is -2.35. The molecule has 0 atom stereocenters. The second-order valence-corrected chi connectivity index (χ2v) is 7.48. The maximum absolute atomic E-state index is 12.5. The van der Waals surface area contributed by atoms with Gasteiger partial charge in [0.15, 0.2) is 5.84 Å². The number of pyridine rings is 1. The summed E-state index contributed by atoms with van der Waals surface area (Å²) in [6.07, 6.45) is 3.18. The maximum atomic E-state index is 12.5. The van der Waals surface area contributed by atoms with E-state index in [9.17, 15) is 13.2 Å². The van der Waals surface area contributed by atoms with Gasteiger partial charge in [0, 0.05) is 44.1 Å². The number of piperazine rings is 1. The maximum Gasteiger partial charge on any atom is 0.285 e. The van der Waals surface area contributed by atoms with Crippen LogP contribution in [0.2, 0.25) is 0 Å². The molecule has 3 heterocycles. The number of hydrogen-bond donors (Lipinski definition) is 0. The number of sulfonamides is 1. The summed E-state index contributed by atoms with van der Waals surface area (Å²) in [5.41, 5.74) is 1.19. The van der Waals surface area contributed by atoms with E-state index in [1.165, 1.54) is 0 Å². The number of amidine groups is 1. The van der Waals surface area contributed by atoms with E-state index in [-0.39, 0.29) is 10.8 Å². The molecule has 0 saturated carbocycles. The molecule has 0 spiro atoms. The lowest BCUT2D eigenvalue weighted by molar-refractivity contribution is 0.0692. The molecule has 2 aliphatic heterocycles. The molecule has 1 aromatic carbocycles. The first kappa shape index (κ1) is 15.8. The monoisotopic (exact) mass is 356 g/mol. The highest BCUT2D eigenvalue weighted by molar-refractivity contribution is 7.90. The summed E-state index contributed by atoms with van der Waals surface area (Å²) >= 11 is 0. The Hall–Kier alpha value is -2.74. The van der Waals surface area contributed by atoms with Gasteiger partial charge in [0.2, 0.25) is 0 Å². The van der Waals surface area contributed by atoms with E-state index in [2.05, 4.69) is 9.38 Å². The Morgan fingerprint density at radius 3 is 2.48 bits per heavy atom. The number of carbonyl (C=O) groups excluding carboxylic acids is 1. The van der Waals surface area contributed by atoms with Crippen molar-refractivity contribution >= 4 is 21.8 Å². The van der Waals surface area contributed by atoms with Gasteiger partial charge in [-0.2, -0.15) is 8.42 Å². The van der Waals surface area contributed by atoms with Gasteiger partial charge in [-0.1, -0.05) is 12.1 Å². The van der Waals surface area contributed by atoms with Crippen LogP contribution in [-0.2, 0) is 10.0 Å². The van der Waals surface area contributed by atoms with Crippen molar-refractivity contribution in [3.8, 4) is 0 Å². The Kier molecular flexibility index (Phi) is 3.76. The summed E-state index contributed by atoms with van der Waals surface area (Å²) in [7, 11) is -3.62. The standard InChI is InChI=1S/C17H16N4O3S/c22-17(13-4-3-7-18-12-13)21-10-8-20(9-11-21)16-14-5-1-2-6-15(14)25(23,24)19-16/h1-7,12H,8-11H2. The molecule has 0 radical (unpaired) electrons. The van der Waals surface area contributed by atoms with Crippen molar-refractivity contribution < 1.29 is 13.2 Å². The van der Waals surface area contributed by atoms with Gasteiger partial charge < -0.3 is 9.80 Å². The molecule has 0 unspecified atom stereocenters. The third kappa shape index (κ3) is 2.78. The fourth-order valence-electron chi connectivity index (χ4n) is 3.11. The SMILES string of the molecule is O=C(c1cccnc1)N1CCN(C2=NS(=O)(=O)c3ccccc32)CC1. The summed E-state index contributed by atoms with van der Waals surface area (Å²) < 4.78 is 28.3. The molecule has 2 aliphatic rings. The van der Waals surface area contributed by atoms with Crippen molar-refractivity contribution in [2.75, 3.05) is 26.2 Å². The van der Waals surface area contributed by atoms with Crippen molar-refractivity contribution in [3.63, 3.8) is 0 Å². The Morgan fingerprint density at radius 1 is 1.00 bits per heavy atom. The van der Waals surface area contributed by atoms with Crippen LogP contribution < -0.4 is 0 Å². The fraction of sp³-hybridized carbons (Fsp3) is 0.235. The van der Waals surface area contributed by atoms with Gasteiger partial charge >= 0.3 is 0 Å². The number of nitrogens with zero attached hydrogens (tertiary/aromatic N) is 4. The second-order valence-electron chi connectivity index (χ2n) is 5.91. The minimum atomic E-state index is -3.62. The van der Waals surface area contributed by atoms with Crippen molar-refractivity contribution in [1.29, 1.82) is 0 Å². The number of aromatic nitrogens is 1. The summed E-state index contributed by atoms with van der Waals surface area (Å²) in [6, 6.07) is 10.3. The van der Waals surface area contributed by atoms with Gasteiger partial charge in [-0.25, -0.2) is 0 Å². The molecular formula is C17H16N4O3S. The molecule has 1 amide bonds. The second kappa shape index (κ2) is 5.96. The molecule has 25 heavy (non-hydrogen) atoms. The molecule has 7 nitrogen and oxygen atoms in total. The van der Waals surface area contributed by atoms with Crippen LogP contribution >= 0.6 is 0 Å². The minimum absolute atomic E-state index is 0.0610. The van der Waals surface area contributed by atoms with Gasteiger partial charge in [0.05, 0.1) is 5.56 Å². The van der Waals surface area contributed by atoms with Gasteiger partial charge in [0.1, 0.15) is 4.90 Å². The van der Waals surface area contributed by atoms with Crippen LogP contribution in [0.15, 0.2) is 58.1 Å². The third-order valence-electron chi connectivity index (χ3n) is 4.39. The normalized spacial score (nSPS) is 18.6. The van der Waals surface area contributed by atoms with Gasteiger partial charge in [-0.15, -0.1) is 4.40 Å². The average Bonchev–Trinajstić information content (AvgIpc) is 2.94. The van der Waals surface area contributed by atoms with Crippen molar-refractivity contribution in [2.45, 2.75) is 4.90 Å². The van der Waals surface area contributed by atoms with E-state index < -0.39 is 10.0 Å². The highest BCUT2D eigenvalue weighted by Crippen LogP contribution is 2.27. The third-order valence-corrected chi connectivity index (χ3v) is 5.71. The van der Waals surface area contributed by atoms with Crippen LogP contribution in [0.1, 0.15) is 15.9 Å². The van der Waals surface area contributed by atoms with Crippen LogP contribution in [-0.4, -0.2) is 61.1 Å². The van der Waals surface area contributed by atoms with Gasteiger partial charge in [-0.3, -0.25) is 9.78 Å². The first-order valence-corrected chi connectivity index (χ1v) is 9.39. The minimum Gasteiger partial charge on any atom is -0.352 e. The Labute approximate surface area is 145 Å². The smallest absolute Gasteiger partial charge is 0.285 e. The number of rotatable bonds is 1. The predicted octanol–water partition coefficient (Wildman–Crippen LogP) is 0.989. The highest BCUT2D eigenvalue weighted by atomic mass is 32.2. The lowest BCUT2D eigenvalue weighted by Crippen LogP contribution is -2.50. The molecule has 0 bridgehead atoms. The zero-order valence-corrected chi connectivity index (χ0v) is 14.2. The summed E-state index contributed by atoms with van der Waals surface area (Å²) in [5.74, 6) is 0.415.